The van der Waals surface area contributed by atoms with E-state index in [2.05, 4.69) is 4.90 Å². The standard InChI is InChI=1S/C21H25N3O3/c1-3-23(13-14-25)15-20-22-19-8-6-5-7-18(19)21(26)24(20)16-9-11-17(12-10-16)27-4-2/h5-12,25H,3-4,13-15H2,1-2H3. The summed E-state index contributed by atoms with van der Waals surface area (Å²) in [5.74, 6) is 1.42. The van der Waals surface area contributed by atoms with E-state index in [0.717, 1.165) is 18.0 Å². The van der Waals surface area contributed by atoms with Crippen LogP contribution < -0.4 is 10.3 Å². The molecule has 3 rings (SSSR count). The predicted octanol–water partition coefficient (Wildman–Crippen LogP) is 2.60. The largest absolute Gasteiger partial charge is 0.494 e. The van der Waals surface area contributed by atoms with Gasteiger partial charge in [-0.15, -0.1) is 0 Å². The molecule has 0 aliphatic rings. The number of hydrogen-bond acceptors (Lipinski definition) is 5. The molecule has 3 aromatic rings. The average molecular weight is 367 g/mol. The van der Waals surface area contributed by atoms with Crippen LogP contribution in [0.3, 0.4) is 0 Å². The smallest absolute Gasteiger partial charge is 0.266 e. The Balaban J connectivity index is 2.14. The average Bonchev–Trinajstić information content (AvgIpc) is 2.69. The van der Waals surface area contributed by atoms with E-state index < -0.39 is 0 Å². The maximum atomic E-state index is 13.2. The molecule has 0 unspecified atom stereocenters. The van der Waals surface area contributed by atoms with Gasteiger partial charge in [-0.05, 0) is 49.9 Å². The highest BCUT2D eigenvalue weighted by molar-refractivity contribution is 5.77. The molecule has 0 saturated carbocycles. The van der Waals surface area contributed by atoms with Gasteiger partial charge in [-0.2, -0.15) is 0 Å². The number of aliphatic hydroxyl groups excluding tert-OH is 1. The van der Waals surface area contributed by atoms with Gasteiger partial charge in [0.2, 0.25) is 0 Å². The lowest BCUT2D eigenvalue weighted by atomic mass is 10.2. The third kappa shape index (κ3) is 4.18. The SMILES string of the molecule is CCOc1ccc(-n2c(CN(CC)CCO)nc3ccccc3c2=O)cc1. The van der Waals surface area contributed by atoms with Gasteiger partial charge in [0.25, 0.3) is 5.56 Å². The first-order valence-corrected chi connectivity index (χ1v) is 9.25. The van der Waals surface area contributed by atoms with Gasteiger partial charge in [0.15, 0.2) is 0 Å². The summed E-state index contributed by atoms with van der Waals surface area (Å²) in [7, 11) is 0. The second kappa shape index (κ2) is 8.79. The lowest BCUT2D eigenvalue weighted by molar-refractivity contribution is 0.193. The van der Waals surface area contributed by atoms with E-state index in [1.165, 1.54) is 0 Å². The maximum absolute atomic E-state index is 13.2. The Morgan fingerprint density at radius 3 is 2.52 bits per heavy atom. The van der Waals surface area contributed by atoms with Gasteiger partial charge < -0.3 is 9.84 Å². The molecular formula is C21H25N3O3. The van der Waals surface area contributed by atoms with Crippen LogP contribution in [0.1, 0.15) is 19.7 Å². The summed E-state index contributed by atoms with van der Waals surface area (Å²) in [6, 6.07) is 14.8. The molecule has 0 aliphatic carbocycles. The third-order valence-corrected chi connectivity index (χ3v) is 4.48. The lowest BCUT2D eigenvalue weighted by Crippen LogP contribution is -2.32. The number of aromatic nitrogens is 2. The van der Waals surface area contributed by atoms with Gasteiger partial charge in [0.05, 0.1) is 36.3 Å². The number of likely N-dealkylation sites (N-methyl/N-ethyl adjacent to an activating group) is 1. The molecule has 0 amide bonds. The zero-order chi connectivity index (χ0) is 19.2. The van der Waals surface area contributed by atoms with Gasteiger partial charge in [-0.25, -0.2) is 4.98 Å². The molecule has 0 saturated heterocycles. The zero-order valence-electron chi connectivity index (χ0n) is 15.8. The van der Waals surface area contributed by atoms with Gasteiger partial charge in [0.1, 0.15) is 11.6 Å². The van der Waals surface area contributed by atoms with Crippen molar-refractivity contribution in [3.05, 3.63) is 64.7 Å². The van der Waals surface area contributed by atoms with Crippen LogP contribution in [0.5, 0.6) is 5.75 Å². The number of rotatable bonds is 8. The molecule has 6 heteroatoms. The molecule has 0 aliphatic heterocycles. The number of hydrogen-bond donors (Lipinski definition) is 1. The molecule has 0 radical (unpaired) electrons. The minimum absolute atomic E-state index is 0.0642. The Labute approximate surface area is 158 Å². The molecule has 2 aromatic carbocycles. The summed E-state index contributed by atoms with van der Waals surface area (Å²) in [5, 5.41) is 9.88. The van der Waals surface area contributed by atoms with Crippen molar-refractivity contribution in [1.29, 1.82) is 0 Å². The fourth-order valence-electron chi connectivity index (χ4n) is 3.10. The summed E-state index contributed by atoms with van der Waals surface area (Å²) in [6.07, 6.45) is 0. The van der Waals surface area contributed by atoms with E-state index in [4.69, 9.17) is 9.72 Å². The Morgan fingerprint density at radius 1 is 1.11 bits per heavy atom. The number of para-hydroxylation sites is 1. The van der Waals surface area contributed by atoms with Crippen LogP contribution in [0.2, 0.25) is 0 Å². The van der Waals surface area contributed by atoms with Crippen molar-refractivity contribution in [1.82, 2.24) is 14.5 Å². The molecule has 1 aromatic heterocycles. The minimum Gasteiger partial charge on any atom is -0.494 e. The number of fused-ring (bicyclic) bond motifs is 1. The summed E-state index contributed by atoms with van der Waals surface area (Å²) < 4.78 is 7.15. The first-order chi connectivity index (χ1) is 13.2. The van der Waals surface area contributed by atoms with E-state index in [0.29, 0.717) is 36.4 Å². The Bertz CT molecular complexity index is 951. The normalized spacial score (nSPS) is 11.3. The molecule has 6 nitrogen and oxygen atoms in total. The highest BCUT2D eigenvalue weighted by Gasteiger charge is 2.15. The second-order valence-electron chi connectivity index (χ2n) is 6.21. The number of nitrogens with zero attached hydrogens (tertiary/aromatic N) is 3. The van der Waals surface area contributed by atoms with Crippen LogP contribution in [0.15, 0.2) is 53.3 Å². The van der Waals surface area contributed by atoms with Crippen LogP contribution in [-0.4, -0.2) is 45.9 Å². The predicted molar refractivity (Wildman–Crippen MR) is 107 cm³/mol. The first-order valence-electron chi connectivity index (χ1n) is 9.25. The zero-order valence-corrected chi connectivity index (χ0v) is 15.8. The van der Waals surface area contributed by atoms with Crippen LogP contribution in [-0.2, 0) is 6.54 Å². The molecular weight excluding hydrogens is 342 g/mol. The van der Waals surface area contributed by atoms with Gasteiger partial charge >= 0.3 is 0 Å². The molecule has 0 fully saturated rings. The van der Waals surface area contributed by atoms with Gasteiger partial charge in [-0.3, -0.25) is 14.3 Å². The molecule has 0 spiro atoms. The van der Waals surface area contributed by atoms with E-state index in [-0.39, 0.29) is 12.2 Å². The summed E-state index contributed by atoms with van der Waals surface area (Å²) in [6.45, 7) is 6.38. The lowest BCUT2D eigenvalue weighted by Gasteiger charge is -2.21. The van der Waals surface area contributed by atoms with Crippen molar-refractivity contribution in [3.8, 4) is 11.4 Å². The molecule has 1 N–H and O–H groups in total. The number of ether oxygens (including phenoxy) is 1. The molecule has 0 atom stereocenters. The maximum Gasteiger partial charge on any atom is 0.266 e. The van der Waals surface area contributed by atoms with Gasteiger partial charge in [-0.1, -0.05) is 19.1 Å². The highest BCUT2D eigenvalue weighted by atomic mass is 16.5. The highest BCUT2D eigenvalue weighted by Crippen LogP contribution is 2.18. The monoisotopic (exact) mass is 367 g/mol. The van der Waals surface area contributed by atoms with Crippen molar-refractivity contribution >= 4 is 10.9 Å². The summed E-state index contributed by atoms with van der Waals surface area (Å²) in [4.78, 5) is 20.0. The van der Waals surface area contributed by atoms with Crippen LogP contribution in [0.25, 0.3) is 16.6 Å². The van der Waals surface area contributed by atoms with Crippen LogP contribution in [0, 0.1) is 0 Å². The van der Waals surface area contributed by atoms with E-state index in [9.17, 15) is 9.90 Å². The second-order valence-corrected chi connectivity index (χ2v) is 6.21. The van der Waals surface area contributed by atoms with Crippen molar-refractivity contribution in [2.75, 3.05) is 26.3 Å². The first kappa shape index (κ1) is 19.1. The van der Waals surface area contributed by atoms with Crippen molar-refractivity contribution in [2.24, 2.45) is 0 Å². The minimum atomic E-state index is -0.0974. The number of benzene rings is 2. The number of aliphatic hydroxyl groups is 1. The van der Waals surface area contributed by atoms with Crippen LogP contribution in [0.4, 0.5) is 0 Å². The van der Waals surface area contributed by atoms with Crippen molar-refractivity contribution in [2.45, 2.75) is 20.4 Å². The van der Waals surface area contributed by atoms with E-state index >= 15 is 0 Å². The topological polar surface area (TPSA) is 67.6 Å². The Morgan fingerprint density at radius 2 is 1.85 bits per heavy atom. The molecule has 27 heavy (non-hydrogen) atoms. The van der Waals surface area contributed by atoms with Crippen LogP contribution >= 0.6 is 0 Å². The fourth-order valence-corrected chi connectivity index (χ4v) is 3.10. The molecule has 0 bridgehead atoms. The Kier molecular flexibility index (Phi) is 6.21. The summed E-state index contributed by atoms with van der Waals surface area (Å²) >= 11 is 0. The van der Waals surface area contributed by atoms with Gasteiger partial charge in [0, 0.05) is 6.54 Å². The third-order valence-electron chi connectivity index (χ3n) is 4.48. The van der Waals surface area contributed by atoms with E-state index in [1.807, 2.05) is 56.3 Å². The molecule has 1 heterocycles. The quantitative estimate of drug-likeness (QED) is 0.663. The fraction of sp³-hybridized carbons (Fsp3) is 0.333. The van der Waals surface area contributed by atoms with E-state index in [1.54, 1.807) is 10.6 Å². The summed E-state index contributed by atoms with van der Waals surface area (Å²) in [5.41, 5.74) is 1.33. The van der Waals surface area contributed by atoms with Crippen molar-refractivity contribution in [3.63, 3.8) is 0 Å². The molecule has 142 valence electrons. The Hall–Kier alpha value is -2.70. The van der Waals surface area contributed by atoms with Crippen molar-refractivity contribution < 1.29 is 9.84 Å².